The first-order chi connectivity index (χ1) is 10.8. The topological polar surface area (TPSA) is 30.5 Å². The van der Waals surface area contributed by atoms with Crippen molar-refractivity contribution in [3.8, 4) is 11.5 Å². The van der Waals surface area contributed by atoms with Gasteiger partial charge in [0.05, 0.1) is 19.8 Å². The summed E-state index contributed by atoms with van der Waals surface area (Å²) in [7, 11) is 1.66. The van der Waals surface area contributed by atoms with Crippen molar-refractivity contribution in [1.29, 1.82) is 0 Å². The molecule has 0 radical (unpaired) electrons. The first kappa shape index (κ1) is 16.0. The zero-order chi connectivity index (χ0) is 15.8. The average molecular weight is 297 g/mol. The highest BCUT2D eigenvalue weighted by molar-refractivity contribution is 5.49. The Morgan fingerprint density at radius 3 is 2.55 bits per heavy atom. The van der Waals surface area contributed by atoms with E-state index in [4.69, 9.17) is 9.47 Å². The predicted octanol–water partition coefficient (Wildman–Crippen LogP) is 4.82. The molecule has 0 aliphatic carbocycles. The Hall–Kier alpha value is -2.42. The van der Waals surface area contributed by atoms with E-state index in [9.17, 15) is 0 Å². The molecule has 0 saturated carbocycles. The summed E-state index contributed by atoms with van der Waals surface area (Å²) >= 11 is 0. The molecule has 116 valence electrons. The molecule has 0 heterocycles. The third-order valence-corrected chi connectivity index (χ3v) is 3.41. The minimum absolute atomic E-state index is 0.143. The summed E-state index contributed by atoms with van der Waals surface area (Å²) in [6.45, 7) is 6.44. The van der Waals surface area contributed by atoms with E-state index < -0.39 is 0 Å². The van der Waals surface area contributed by atoms with Gasteiger partial charge in [0.15, 0.2) is 11.5 Å². The van der Waals surface area contributed by atoms with Gasteiger partial charge in [-0.1, -0.05) is 30.3 Å². The molecule has 2 aromatic carbocycles. The molecule has 3 heteroatoms. The smallest absolute Gasteiger partial charge is 0.161 e. The quantitative estimate of drug-likeness (QED) is 0.708. The van der Waals surface area contributed by atoms with Gasteiger partial charge in [0.25, 0.3) is 0 Å². The van der Waals surface area contributed by atoms with Crippen LogP contribution in [0, 0.1) is 0 Å². The molecule has 1 atom stereocenters. The molecule has 0 aliphatic rings. The lowest BCUT2D eigenvalue weighted by atomic mass is 10.0. The Kier molecular flexibility index (Phi) is 5.90. The van der Waals surface area contributed by atoms with Crippen molar-refractivity contribution in [3.63, 3.8) is 0 Å². The van der Waals surface area contributed by atoms with E-state index in [1.807, 2.05) is 43.3 Å². The first-order valence-electron chi connectivity index (χ1n) is 7.51. The van der Waals surface area contributed by atoms with Crippen molar-refractivity contribution in [2.45, 2.75) is 19.4 Å². The number of benzene rings is 2. The third-order valence-electron chi connectivity index (χ3n) is 3.41. The van der Waals surface area contributed by atoms with Crippen molar-refractivity contribution < 1.29 is 9.47 Å². The fraction of sp³-hybridized carbons (Fsp3) is 0.263. The molecule has 0 spiro atoms. The summed E-state index contributed by atoms with van der Waals surface area (Å²) in [4.78, 5) is 0. The monoisotopic (exact) mass is 297 g/mol. The van der Waals surface area contributed by atoms with Crippen LogP contribution < -0.4 is 14.8 Å². The normalized spacial score (nSPS) is 11.5. The molecule has 2 rings (SSSR count). The number of rotatable bonds is 8. The number of para-hydroxylation sites is 1. The molecule has 0 aromatic heterocycles. The van der Waals surface area contributed by atoms with Crippen LogP contribution in [0.4, 0.5) is 5.69 Å². The number of ether oxygens (including phenoxy) is 2. The second-order valence-electron chi connectivity index (χ2n) is 4.93. The van der Waals surface area contributed by atoms with E-state index in [1.165, 1.54) is 0 Å². The van der Waals surface area contributed by atoms with Gasteiger partial charge in [0, 0.05) is 5.69 Å². The van der Waals surface area contributed by atoms with Crippen LogP contribution in [0.1, 0.15) is 24.9 Å². The van der Waals surface area contributed by atoms with Crippen LogP contribution in [0.25, 0.3) is 0 Å². The Labute approximate surface area is 132 Å². The molecule has 3 nitrogen and oxygen atoms in total. The van der Waals surface area contributed by atoms with Crippen molar-refractivity contribution in [2.24, 2.45) is 0 Å². The van der Waals surface area contributed by atoms with E-state index in [1.54, 1.807) is 7.11 Å². The Bertz CT molecular complexity index is 596. The highest BCUT2D eigenvalue weighted by Crippen LogP contribution is 2.32. The van der Waals surface area contributed by atoms with Gasteiger partial charge in [0.1, 0.15) is 0 Å². The van der Waals surface area contributed by atoms with Crippen LogP contribution in [0.5, 0.6) is 11.5 Å². The molecular weight excluding hydrogens is 274 g/mol. The van der Waals surface area contributed by atoms with E-state index in [-0.39, 0.29) is 6.04 Å². The molecule has 2 aromatic rings. The summed E-state index contributed by atoms with van der Waals surface area (Å²) in [6, 6.07) is 16.4. The van der Waals surface area contributed by atoms with Gasteiger partial charge >= 0.3 is 0 Å². The largest absolute Gasteiger partial charge is 0.493 e. The number of nitrogens with one attached hydrogen (secondary N) is 1. The summed E-state index contributed by atoms with van der Waals surface area (Å²) in [5, 5.41) is 3.53. The van der Waals surface area contributed by atoms with Gasteiger partial charge in [-0.15, -0.1) is 6.58 Å². The average Bonchev–Trinajstić information content (AvgIpc) is 2.56. The second-order valence-corrected chi connectivity index (χ2v) is 4.93. The van der Waals surface area contributed by atoms with E-state index >= 15 is 0 Å². The summed E-state index contributed by atoms with van der Waals surface area (Å²) in [6.07, 6.45) is 2.75. The maximum absolute atomic E-state index is 5.58. The van der Waals surface area contributed by atoms with Crippen molar-refractivity contribution >= 4 is 5.69 Å². The zero-order valence-corrected chi connectivity index (χ0v) is 13.2. The van der Waals surface area contributed by atoms with Crippen LogP contribution in [-0.4, -0.2) is 13.7 Å². The van der Waals surface area contributed by atoms with Crippen molar-refractivity contribution in [2.75, 3.05) is 19.0 Å². The zero-order valence-electron chi connectivity index (χ0n) is 13.2. The molecule has 0 amide bonds. The predicted molar refractivity (Wildman–Crippen MR) is 91.8 cm³/mol. The van der Waals surface area contributed by atoms with Crippen LogP contribution >= 0.6 is 0 Å². The highest BCUT2D eigenvalue weighted by atomic mass is 16.5. The summed E-state index contributed by atoms with van der Waals surface area (Å²) in [5.41, 5.74) is 2.23. The molecule has 0 fully saturated rings. The lowest BCUT2D eigenvalue weighted by molar-refractivity contribution is 0.310. The Morgan fingerprint density at radius 2 is 1.91 bits per heavy atom. The Morgan fingerprint density at radius 1 is 1.14 bits per heavy atom. The van der Waals surface area contributed by atoms with E-state index in [0.717, 1.165) is 29.2 Å². The Balaban J connectivity index is 2.26. The van der Waals surface area contributed by atoms with Gasteiger partial charge in [-0.05, 0) is 43.2 Å². The van der Waals surface area contributed by atoms with Crippen LogP contribution in [0.3, 0.4) is 0 Å². The number of hydrogen-bond donors (Lipinski definition) is 1. The highest BCUT2D eigenvalue weighted by Gasteiger charge is 2.13. The number of anilines is 1. The van der Waals surface area contributed by atoms with E-state index in [0.29, 0.717) is 6.61 Å². The summed E-state index contributed by atoms with van der Waals surface area (Å²) in [5.74, 6) is 1.52. The second kappa shape index (κ2) is 8.13. The number of hydrogen-bond acceptors (Lipinski definition) is 3. The molecule has 22 heavy (non-hydrogen) atoms. The van der Waals surface area contributed by atoms with Gasteiger partial charge in [-0.3, -0.25) is 0 Å². The minimum atomic E-state index is 0.143. The lowest BCUT2D eigenvalue weighted by Crippen LogP contribution is -2.10. The van der Waals surface area contributed by atoms with Gasteiger partial charge in [0.2, 0.25) is 0 Å². The maximum atomic E-state index is 5.58. The third kappa shape index (κ3) is 4.04. The first-order valence-corrected chi connectivity index (χ1v) is 7.51. The van der Waals surface area contributed by atoms with Gasteiger partial charge in [-0.2, -0.15) is 0 Å². The fourth-order valence-corrected chi connectivity index (χ4v) is 2.36. The lowest BCUT2D eigenvalue weighted by Gasteiger charge is -2.20. The SMILES string of the molecule is C=CCC(Nc1ccccc1)c1ccc(OCC)c(OC)c1. The van der Waals surface area contributed by atoms with E-state index in [2.05, 4.69) is 30.1 Å². The van der Waals surface area contributed by atoms with Gasteiger partial charge < -0.3 is 14.8 Å². The van der Waals surface area contributed by atoms with Crippen LogP contribution in [-0.2, 0) is 0 Å². The molecule has 0 saturated heterocycles. The molecule has 0 aliphatic heterocycles. The molecule has 0 bridgehead atoms. The molecule has 1 N–H and O–H groups in total. The van der Waals surface area contributed by atoms with Crippen LogP contribution in [0.2, 0.25) is 0 Å². The van der Waals surface area contributed by atoms with Crippen molar-refractivity contribution in [1.82, 2.24) is 0 Å². The summed E-state index contributed by atoms with van der Waals surface area (Å²) < 4.78 is 11.0. The minimum Gasteiger partial charge on any atom is -0.493 e. The molecule has 1 unspecified atom stereocenters. The van der Waals surface area contributed by atoms with Crippen molar-refractivity contribution in [3.05, 3.63) is 66.7 Å². The fourth-order valence-electron chi connectivity index (χ4n) is 2.36. The standard InChI is InChI=1S/C19H23NO2/c1-4-9-17(20-16-10-7-6-8-11-16)15-12-13-18(22-5-2)19(14-15)21-3/h4,6-8,10-14,17,20H,1,5,9H2,2-3H3. The van der Waals surface area contributed by atoms with Gasteiger partial charge in [-0.25, -0.2) is 0 Å². The molecular formula is C19H23NO2. The van der Waals surface area contributed by atoms with Crippen LogP contribution in [0.15, 0.2) is 61.2 Å². The maximum Gasteiger partial charge on any atom is 0.161 e. The number of methoxy groups -OCH3 is 1.